The number of hydrogen-bond acceptors (Lipinski definition) is 7. The number of carbonyl (C=O) groups is 1. The molecule has 1 atom stereocenters. The van der Waals surface area contributed by atoms with Crippen molar-refractivity contribution >= 4 is 21.7 Å². The molecule has 1 rings (SSSR count). The normalized spacial score (nSPS) is 12.6. The molecule has 0 aliphatic heterocycles. The summed E-state index contributed by atoms with van der Waals surface area (Å²) in [6.07, 6.45) is 0. The SMILES string of the molecule is CCN[C@H](C)CNS(=O)(=O)c1cc(C(=O)OCC)c(C)c([N+](=O)[O-])c1. The first kappa shape index (κ1) is 21.0. The molecule has 0 aromatic heterocycles. The molecule has 1 aromatic rings. The van der Waals surface area contributed by atoms with Gasteiger partial charge >= 0.3 is 5.97 Å². The van der Waals surface area contributed by atoms with Crippen LogP contribution in [-0.4, -0.2) is 45.0 Å². The second-order valence-electron chi connectivity index (χ2n) is 5.40. The van der Waals surface area contributed by atoms with Crippen LogP contribution < -0.4 is 10.0 Å². The fourth-order valence-corrected chi connectivity index (χ4v) is 3.35. The molecule has 25 heavy (non-hydrogen) atoms. The number of nitrogens with zero attached hydrogens (tertiary/aromatic N) is 1. The highest BCUT2D eigenvalue weighted by molar-refractivity contribution is 7.89. The zero-order valence-corrected chi connectivity index (χ0v) is 15.5. The molecule has 0 saturated carbocycles. The van der Waals surface area contributed by atoms with E-state index < -0.39 is 26.6 Å². The quantitative estimate of drug-likeness (QED) is 0.380. The van der Waals surface area contributed by atoms with E-state index in [9.17, 15) is 23.3 Å². The molecule has 0 amide bonds. The number of nitro groups is 1. The van der Waals surface area contributed by atoms with Crippen LogP contribution in [0.25, 0.3) is 0 Å². The standard InChI is InChI=1S/C15H23N3O6S/c1-5-16-10(3)9-17-25(22,23)12-7-13(15(19)24-6-2)11(4)14(8-12)18(20)21/h7-8,10,16-17H,5-6,9H2,1-4H3/t10-/m1/s1. The van der Waals surface area contributed by atoms with Gasteiger partial charge in [0.05, 0.1) is 22.0 Å². The molecule has 0 spiro atoms. The number of hydrogen-bond donors (Lipinski definition) is 2. The van der Waals surface area contributed by atoms with Gasteiger partial charge in [-0.1, -0.05) is 6.92 Å². The van der Waals surface area contributed by atoms with Crippen molar-refractivity contribution in [2.24, 2.45) is 0 Å². The van der Waals surface area contributed by atoms with Crippen LogP contribution in [0.2, 0.25) is 0 Å². The summed E-state index contributed by atoms with van der Waals surface area (Å²) in [5.41, 5.74) is -0.537. The van der Waals surface area contributed by atoms with Crippen LogP contribution >= 0.6 is 0 Å². The Hall–Kier alpha value is -2.04. The molecule has 0 radical (unpaired) electrons. The molecule has 0 heterocycles. The van der Waals surface area contributed by atoms with Crippen LogP contribution in [0.3, 0.4) is 0 Å². The van der Waals surface area contributed by atoms with Crippen molar-refractivity contribution in [3.05, 3.63) is 33.4 Å². The fraction of sp³-hybridized carbons (Fsp3) is 0.533. The predicted molar refractivity (Wildman–Crippen MR) is 92.1 cm³/mol. The average Bonchev–Trinajstić information content (AvgIpc) is 2.53. The van der Waals surface area contributed by atoms with Crippen molar-refractivity contribution in [3.8, 4) is 0 Å². The number of nitro benzene ring substituents is 1. The summed E-state index contributed by atoms with van der Waals surface area (Å²) in [5.74, 6) is -0.804. The number of carbonyl (C=O) groups excluding carboxylic acids is 1. The van der Waals surface area contributed by atoms with Gasteiger partial charge in [0.2, 0.25) is 10.0 Å². The van der Waals surface area contributed by atoms with E-state index in [0.717, 1.165) is 12.1 Å². The van der Waals surface area contributed by atoms with Gasteiger partial charge in [-0.15, -0.1) is 0 Å². The predicted octanol–water partition coefficient (Wildman–Crippen LogP) is 1.36. The van der Waals surface area contributed by atoms with Crippen molar-refractivity contribution in [2.45, 2.75) is 38.6 Å². The lowest BCUT2D eigenvalue weighted by atomic mass is 10.1. The van der Waals surface area contributed by atoms with Crippen LogP contribution in [0.15, 0.2) is 17.0 Å². The number of ether oxygens (including phenoxy) is 1. The number of benzene rings is 1. The largest absolute Gasteiger partial charge is 0.462 e. The molecule has 140 valence electrons. The van der Waals surface area contributed by atoms with Crippen molar-refractivity contribution in [2.75, 3.05) is 19.7 Å². The number of rotatable bonds is 9. The number of sulfonamides is 1. The monoisotopic (exact) mass is 373 g/mol. The van der Waals surface area contributed by atoms with E-state index in [1.807, 2.05) is 6.92 Å². The molecule has 0 bridgehead atoms. The Balaban J connectivity index is 3.29. The third-order valence-electron chi connectivity index (χ3n) is 3.49. The summed E-state index contributed by atoms with van der Waals surface area (Å²) >= 11 is 0. The van der Waals surface area contributed by atoms with Gasteiger partial charge in [0.1, 0.15) is 0 Å². The highest BCUT2D eigenvalue weighted by atomic mass is 32.2. The first-order chi connectivity index (χ1) is 11.6. The van der Waals surface area contributed by atoms with Crippen LogP contribution in [0.4, 0.5) is 5.69 Å². The van der Waals surface area contributed by atoms with Gasteiger partial charge in [0.15, 0.2) is 0 Å². The molecular formula is C15H23N3O6S. The summed E-state index contributed by atoms with van der Waals surface area (Å²) in [6, 6.07) is 1.92. The molecule has 0 aliphatic rings. The fourth-order valence-electron chi connectivity index (χ4n) is 2.18. The molecule has 2 N–H and O–H groups in total. The van der Waals surface area contributed by atoms with E-state index in [-0.39, 0.29) is 35.2 Å². The lowest BCUT2D eigenvalue weighted by Gasteiger charge is -2.14. The summed E-state index contributed by atoms with van der Waals surface area (Å²) in [4.78, 5) is 22.1. The van der Waals surface area contributed by atoms with Gasteiger partial charge in [0, 0.05) is 24.2 Å². The summed E-state index contributed by atoms with van der Waals surface area (Å²) in [6.45, 7) is 7.50. The van der Waals surface area contributed by atoms with Crippen molar-refractivity contribution < 1.29 is 22.9 Å². The van der Waals surface area contributed by atoms with E-state index in [0.29, 0.717) is 6.54 Å². The van der Waals surface area contributed by atoms with E-state index in [1.54, 1.807) is 13.8 Å². The Bertz CT molecular complexity index is 748. The Morgan fingerprint density at radius 1 is 1.36 bits per heavy atom. The maximum absolute atomic E-state index is 12.4. The highest BCUT2D eigenvalue weighted by Crippen LogP contribution is 2.27. The molecule has 0 fully saturated rings. The van der Waals surface area contributed by atoms with E-state index in [4.69, 9.17) is 4.74 Å². The molecule has 10 heteroatoms. The topological polar surface area (TPSA) is 128 Å². The molecule has 0 saturated heterocycles. The summed E-state index contributed by atoms with van der Waals surface area (Å²) in [7, 11) is -4.02. The van der Waals surface area contributed by atoms with Crippen molar-refractivity contribution in [3.63, 3.8) is 0 Å². The Morgan fingerprint density at radius 2 is 2.00 bits per heavy atom. The molecule has 0 aliphatic carbocycles. The third-order valence-corrected chi connectivity index (χ3v) is 4.89. The molecular weight excluding hydrogens is 350 g/mol. The third kappa shape index (κ3) is 5.48. The first-order valence-corrected chi connectivity index (χ1v) is 9.31. The van der Waals surface area contributed by atoms with E-state index in [2.05, 4.69) is 10.0 Å². The number of esters is 1. The average molecular weight is 373 g/mol. The van der Waals surface area contributed by atoms with Crippen LogP contribution in [-0.2, 0) is 14.8 Å². The zero-order valence-electron chi connectivity index (χ0n) is 14.7. The maximum atomic E-state index is 12.4. The zero-order chi connectivity index (χ0) is 19.2. The molecule has 9 nitrogen and oxygen atoms in total. The Kier molecular flexibility index (Phi) is 7.46. The van der Waals surface area contributed by atoms with Gasteiger partial charge in [-0.3, -0.25) is 10.1 Å². The van der Waals surface area contributed by atoms with Crippen molar-refractivity contribution in [1.82, 2.24) is 10.0 Å². The maximum Gasteiger partial charge on any atom is 0.338 e. The summed E-state index contributed by atoms with van der Waals surface area (Å²) in [5, 5.41) is 14.3. The molecule has 1 aromatic carbocycles. The smallest absolute Gasteiger partial charge is 0.338 e. The lowest BCUT2D eigenvalue weighted by Crippen LogP contribution is -2.38. The van der Waals surface area contributed by atoms with Crippen molar-refractivity contribution in [1.29, 1.82) is 0 Å². The number of likely N-dealkylation sites (N-methyl/N-ethyl adjacent to an activating group) is 1. The lowest BCUT2D eigenvalue weighted by molar-refractivity contribution is -0.385. The minimum Gasteiger partial charge on any atom is -0.462 e. The van der Waals surface area contributed by atoms with Crippen LogP contribution in [0, 0.1) is 17.0 Å². The second-order valence-corrected chi connectivity index (χ2v) is 7.17. The van der Waals surface area contributed by atoms with E-state index >= 15 is 0 Å². The van der Waals surface area contributed by atoms with Crippen LogP contribution in [0.5, 0.6) is 0 Å². The minimum atomic E-state index is -4.02. The minimum absolute atomic E-state index is 0.0587. The Labute approximate surface area is 147 Å². The van der Waals surface area contributed by atoms with E-state index in [1.165, 1.54) is 6.92 Å². The van der Waals surface area contributed by atoms with Gasteiger partial charge in [-0.05, 0) is 33.4 Å². The van der Waals surface area contributed by atoms with Gasteiger partial charge in [0.25, 0.3) is 5.69 Å². The summed E-state index contributed by atoms with van der Waals surface area (Å²) < 4.78 is 32.1. The Morgan fingerprint density at radius 3 is 2.52 bits per heavy atom. The van der Waals surface area contributed by atoms with Gasteiger partial charge in [-0.25, -0.2) is 17.9 Å². The van der Waals surface area contributed by atoms with Crippen LogP contribution in [0.1, 0.15) is 36.7 Å². The number of nitrogens with one attached hydrogen (secondary N) is 2. The highest BCUT2D eigenvalue weighted by Gasteiger charge is 2.26. The second kappa shape index (κ2) is 8.88. The van der Waals surface area contributed by atoms with Gasteiger partial charge < -0.3 is 10.1 Å². The van der Waals surface area contributed by atoms with Gasteiger partial charge in [-0.2, -0.15) is 0 Å². The molecule has 0 unspecified atom stereocenters. The first-order valence-electron chi connectivity index (χ1n) is 7.83.